The monoisotopic (exact) mass is 252 g/mol. The van der Waals surface area contributed by atoms with Crippen LogP contribution < -0.4 is 5.32 Å². The summed E-state index contributed by atoms with van der Waals surface area (Å²) in [5.74, 6) is 1.74. The topological polar surface area (TPSA) is 24.9 Å². The lowest BCUT2D eigenvalue weighted by atomic mass is 9.92. The van der Waals surface area contributed by atoms with Crippen molar-refractivity contribution >= 4 is 11.3 Å². The number of hydrogen-bond donors (Lipinski definition) is 1. The highest BCUT2D eigenvalue weighted by Crippen LogP contribution is 2.33. The molecule has 1 aromatic heterocycles. The SMILES string of the molecule is CCCNCC1CCCC1Cc1csc(C)n1. The summed E-state index contributed by atoms with van der Waals surface area (Å²) in [4.78, 5) is 4.60. The van der Waals surface area contributed by atoms with Crippen molar-refractivity contribution in [2.75, 3.05) is 13.1 Å². The molecule has 0 radical (unpaired) electrons. The molecule has 2 rings (SSSR count). The molecule has 0 aromatic carbocycles. The normalized spacial score (nSPS) is 24.4. The molecule has 1 aromatic rings. The summed E-state index contributed by atoms with van der Waals surface area (Å²) in [6.07, 6.45) is 6.65. The van der Waals surface area contributed by atoms with Gasteiger partial charge in [0.15, 0.2) is 0 Å². The second-order valence-electron chi connectivity index (χ2n) is 5.22. The van der Waals surface area contributed by atoms with Gasteiger partial charge in [0.25, 0.3) is 0 Å². The van der Waals surface area contributed by atoms with Crippen LogP contribution >= 0.6 is 11.3 Å². The van der Waals surface area contributed by atoms with Gasteiger partial charge < -0.3 is 5.32 Å². The molecule has 2 atom stereocenters. The first-order valence-electron chi connectivity index (χ1n) is 6.91. The van der Waals surface area contributed by atoms with Gasteiger partial charge in [0.05, 0.1) is 10.7 Å². The maximum Gasteiger partial charge on any atom is 0.0897 e. The molecule has 17 heavy (non-hydrogen) atoms. The predicted octanol–water partition coefficient (Wildman–Crippen LogP) is 3.41. The van der Waals surface area contributed by atoms with E-state index in [0.717, 1.165) is 11.8 Å². The zero-order valence-corrected chi connectivity index (χ0v) is 11.9. The fourth-order valence-corrected chi connectivity index (χ4v) is 3.51. The molecule has 1 fully saturated rings. The number of nitrogens with zero attached hydrogens (tertiary/aromatic N) is 1. The summed E-state index contributed by atoms with van der Waals surface area (Å²) in [7, 11) is 0. The number of nitrogens with one attached hydrogen (secondary N) is 1. The highest BCUT2D eigenvalue weighted by molar-refractivity contribution is 7.09. The Hall–Kier alpha value is -0.410. The Morgan fingerprint density at radius 3 is 2.94 bits per heavy atom. The molecule has 1 N–H and O–H groups in total. The molecular weight excluding hydrogens is 228 g/mol. The molecule has 3 heteroatoms. The van der Waals surface area contributed by atoms with E-state index in [1.54, 1.807) is 11.3 Å². The van der Waals surface area contributed by atoms with E-state index in [9.17, 15) is 0 Å². The van der Waals surface area contributed by atoms with Gasteiger partial charge in [-0.15, -0.1) is 11.3 Å². The van der Waals surface area contributed by atoms with Crippen molar-refractivity contribution in [3.8, 4) is 0 Å². The van der Waals surface area contributed by atoms with Crippen LogP contribution in [0.15, 0.2) is 5.38 Å². The van der Waals surface area contributed by atoms with Crippen LogP contribution in [-0.4, -0.2) is 18.1 Å². The van der Waals surface area contributed by atoms with Gasteiger partial charge in [-0.1, -0.05) is 13.3 Å². The first kappa shape index (κ1) is 13.0. The van der Waals surface area contributed by atoms with Crippen LogP contribution in [0.25, 0.3) is 0 Å². The van der Waals surface area contributed by atoms with Gasteiger partial charge in [-0.25, -0.2) is 4.98 Å². The lowest BCUT2D eigenvalue weighted by Gasteiger charge is -2.19. The molecule has 2 unspecified atom stereocenters. The van der Waals surface area contributed by atoms with Gasteiger partial charge >= 0.3 is 0 Å². The van der Waals surface area contributed by atoms with Crippen molar-refractivity contribution < 1.29 is 0 Å². The molecule has 2 nitrogen and oxygen atoms in total. The molecule has 1 aliphatic carbocycles. The second-order valence-corrected chi connectivity index (χ2v) is 6.28. The average molecular weight is 252 g/mol. The summed E-state index contributed by atoms with van der Waals surface area (Å²) in [5, 5.41) is 7.03. The molecule has 96 valence electrons. The number of aryl methyl sites for hydroxylation is 1. The predicted molar refractivity (Wildman–Crippen MR) is 74.5 cm³/mol. The van der Waals surface area contributed by atoms with E-state index in [-0.39, 0.29) is 0 Å². The lowest BCUT2D eigenvalue weighted by molar-refractivity contribution is 0.363. The highest BCUT2D eigenvalue weighted by atomic mass is 32.1. The molecular formula is C14H24N2S. The Labute approximate surface area is 109 Å². The van der Waals surface area contributed by atoms with E-state index in [0.29, 0.717) is 0 Å². The summed E-state index contributed by atoms with van der Waals surface area (Å²) in [6.45, 7) is 6.71. The molecule has 1 aliphatic rings. The number of hydrogen-bond acceptors (Lipinski definition) is 3. The van der Waals surface area contributed by atoms with Gasteiger partial charge in [0.2, 0.25) is 0 Å². The largest absolute Gasteiger partial charge is 0.316 e. The van der Waals surface area contributed by atoms with Gasteiger partial charge in [0.1, 0.15) is 0 Å². The van der Waals surface area contributed by atoms with Crippen molar-refractivity contribution in [1.29, 1.82) is 0 Å². The van der Waals surface area contributed by atoms with E-state index in [4.69, 9.17) is 0 Å². The summed E-state index contributed by atoms with van der Waals surface area (Å²) in [6, 6.07) is 0. The first-order chi connectivity index (χ1) is 8.29. The molecule has 0 aliphatic heterocycles. The molecule has 0 amide bonds. The minimum Gasteiger partial charge on any atom is -0.316 e. The third-order valence-corrected chi connectivity index (χ3v) is 4.61. The van der Waals surface area contributed by atoms with Crippen LogP contribution in [-0.2, 0) is 6.42 Å². The van der Waals surface area contributed by atoms with Gasteiger partial charge in [0, 0.05) is 5.38 Å². The Balaban J connectivity index is 1.82. The smallest absolute Gasteiger partial charge is 0.0897 e. The van der Waals surface area contributed by atoms with Gasteiger partial charge in [-0.2, -0.15) is 0 Å². The van der Waals surface area contributed by atoms with Crippen molar-refractivity contribution in [3.63, 3.8) is 0 Å². The summed E-state index contributed by atoms with van der Waals surface area (Å²) >= 11 is 1.78. The van der Waals surface area contributed by atoms with Crippen LogP contribution in [0.5, 0.6) is 0 Å². The van der Waals surface area contributed by atoms with E-state index in [1.165, 1.54) is 55.9 Å². The fraction of sp³-hybridized carbons (Fsp3) is 0.786. The highest BCUT2D eigenvalue weighted by Gasteiger charge is 2.27. The van der Waals surface area contributed by atoms with Crippen LogP contribution in [0.2, 0.25) is 0 Å². The quantitative estimate of drug-likeness (QED) is 0.785. The van der Waals surface area contributed by atoms with Crippen molar-refractivity contribution in [3.05, 3.63) is 16.1 Å². The standard InChI is InChI=1S/C14H24N2S/c1-3-7-15-9-13-6-4-5-12(13)8-14-10-17-11(2)16-14/h10,12-13,15H,3-9H2,1-2H3. The number of aromatic nitrogens is 1. The zero-order valence-electron chi connectivity index (χ0n) is 11.0. The Kier molecular flexibility index (Phi) is 4.99. The van der Waals surface area contributed by atoms with Gasteiger partial charge in [-0.3, -0.25) is 0 Å². The molecule has 0 spiro atoms. The summed E-state index contributed by atoms with van der Waals surface area (Å²) < 4.78 is 0. The number of thiazole rings is 1. The zero-order chi connectivity index (χ0) is 12.1. The Bertz CT molecular complexity index is 335. The molecule has 1 heterocycles. The second kappa shape index (κ2) is 6.50. The third kappa shape index (κ3) is 3.78. The van der Waals surface area contributed by atoms with E-state index < -0.39 is 0 Å². The van der Waals surface area contributed by atoms with E-state index in [2.05, 4.69) is 29.5 Å². The van der Waals surface area contributed by atoms with Crippen LogP contribution in [0.4, 0.5) is 0 Å². The molecule has 0 saturated heterocycles. The van der Waals surface area contributed by atoms with E-state index in [1.807, 2.05) is 0 Å². The Morgan fingerprint density at radius 2 is 2.24 bits per heavy atom. The maximum atomic E-state index is 4.60. The summed E-state index contributed by atoms with van der Waals surface area (Å²) in [5.41, 5.74) is 1.32. The molecule has 1 saturated carbocycles. The minimum atomic E-state index is 0.862. The Morgan fingerprint density at radius 1 is 1.41 bits per heavy atom. The van der Waals surface area contributed by atoms with Crippen LogP contribution in [0.1, 0.15) is 43.3 Å². The van der Waals surface area contributed by atoms with Crippen molar-refractivity contribution in [1.82, 2.24) is 10.3 Å². The maximum absolute atomic E-state index is 4.60. The van der Waals surface area contributed by atoms with Crippen LogP contribution in [0, 0.1) is 18.8 Å². The number of rotatable bonds is 6. The molecule has 0 bridgehead atoms. The minimum absolute atomic E-state index is 0.862. The van der Waals surface area contributed by atoms with Gasteiger partial charge in [-0.05, 0) is 57.5 Å². The van der Waals surface area contributed by atoms with Crippen LogP contribution in [0.3, 0.4) is 0 Å². The average Bonchev–Trinajstić information content (AvgIpc) is 2.90. The van der Waals surface area contributed by atoms with E-state index >= 15 is 0 Å². The third-order valence-electron chi connectivity index (χ3n) is 3.79. The fourth-order valence-electron chi connectivity index (χ4n) is 2.89. The first-order valence-corrected chi connectivity index (χ1v) is 7.79. The van der Waals surface area contributed by atoms with Crippen molar-refractivity contribution in [2.45, 2.75) is 46.0 Å². The van der Waals surface area contributed by atoms with Crippen molar-refractivity contribution in [2.24, 2.45) is 11.8 Å². The lowest BCUT2D eigenvalue weighted by Crippen LogP contribution is -2.26.